The number of ether oxygens (including phenoxy) is 1. The van der Waals surface area contributed by atoms with Crippen LogP contribution in [0.3, 0.4) is 0 Å². The van der Waals surface area contributed by atoms with Crippen LogP contribution in [0.5, 0.6) is 5.75 Å². The van der Waals surface area contributed by atoms with Gasteiger partial charge in [-0.25, -0.2) is 0 Å². The molecule has 0 aromatic heterocycles. The van der Waals surface area contributed by atoms with Crippen LogP contribution in [0.4, 0.5) is 0 Å². The highest BCUT2D eigenvalue weighted by atomic mass is 35.5. The van der Waals surface area contributed by atoms with Crippen molar-refractivity contribution < 1.29 is 4.74 Å². The van der Waals surface area contributed by atoms with Crippen LogP contribution in [-0.4, -0.2) is 37.7 Å². The molecule has 0 spiro atoms. The van der Waals surface area contributed by atoms with Crippen molar-refractivity contribution in [3.8, 4) is 5.75 Å². The highest BCUT2D eigenvalue weighted by Crippen LogP contribution is 2.30. The van der Waals surface area contributed by atoms with E-state index in [4.69, 9.17) is 4.74 Å². The van der Waals surface area contributed by atoms with Gasteiger partial charge in [-0.1, -0.05) is 18.2 Å². The quantitative estimate of drug-likeness (QED) is 0.874. The molecule has 2 aliphatic rings. The molecule has 1 aromatic carbocycles. The van der Waals surface area contributed by atoms with E-state index in [2.05, 4.69) is 41.5 Å². The van der Waals surface area contributed by atoms with Gasteiger partial charge in [-0.15, -0.1) is 12.4 Å². The number of para-hydroxylation sites is 1. The number of hydrogen-bond acceptors (Lipinski definition) is 3. The largest absolute Gasteiger partial charge is 0.493 e. The third-order valence-electron chi connectivity index (χ3n) is 4.45. The summed E-state index contributed by atoms with van der Waals surface area (Å²) in [5.41, 5.74) is 1.34. The Labute approximate surface area is 134 Å². The molecule has 1 aromatic rings. The Bertz CT molecular complexity index is 437. The predicted octanol–water partition coefficient (Wildman–Crippen LogP) is 3.08. The number of nitrogens with zero attached hydrogens (tertiary/aromatic N) is 1. The van der Waals surface area contributed by atoms with E-state index in [0.717, 1.165) is 31.4 Å². The summed E-state index contributed by atoms with van der Waals surface area (Å²) in [6, 6.07) is 9.18. The van der Waals surface area contributed by atoms with Crippen LogP contribution in [0.1, 0.15) is 31.2 Å². The molecule has 3 nitrogen and oxygen atoms in total. The molecule has 1 saturated heterocycles. The molecule has 1 saturated carbocycles. The fourth-order valence-electron chi connectivity index (χ4n) is 2.94. The van der Waals surface area contributed by atoms with Crippen LogP contribution in [-0.2, 0) is 6.54 Å². The lowest BCUT2D eigenvalue weighted by Crippen LogP contribution is -2.43. The van der Waals surface area contributed by atoms with E-state index in [1.165, 1.54) is 37.8 Å². The number of hydrogen-bond donors (Lipinski definition) is 1. The van der Waals surface area contributed by atoms with Crippen molar-refractivity contribution in [2.75, 3.05) is 26.7 Å². The van der Waals surface area contributed by atoms with E-state index in [1.54, 1.807) is 0 Å². The Balaban J connectivity index is 0.00000161. The van der Waals surface area contributed by atoms with Gasteiger partial charge in [0.05, 0.1) is 6.61 Å². The van der Waals surface area contributed by atoms with Crippen LogP contribution in [0.2, 0.25) is 0 Å². The van der Waals surface area contributed by atoms with Gasteiger partial charge in [0, 0.05) is 24.7 Å². The van der Waals surface area contributed by atoms with Crippen molar-refractivity contribution in [1.29, 1.82) is 0 Å². The van der Waals surface area contributed by atoms with Crippen LogP contribution >= 0.6 is 12.4 Å². The number of piperidine rings is 1. The first-order valence-electron chi connectivity index (χ1n) is 7.95. The number of benzene rings is 1. The fourth-order valence-corrected chi connectivity index (χ4v) is 2.94. The minimum absolute atomic E-state index is 0. The first-order valence-corrected chi connectivity index (χ1v) is 7.95. The topological polar surface area (TPSA) is 24.5 Å². The van der Waals surface area contributed by atoms with E-state index in [1.807, 2.05) is 0 Å². The number of likely N-dealkylation sites (tertiary alicyclic amines) is 1. The highest BCUT2D eigenvalue weighted by molar-refractivity contribution is 5.85. The lowest BCUT2D eigenvalue weighted by atomic mass is 10.0. The number of nitrogens with one attached hydrogen (secondary N) is 1. The molecule has 1 aliphatic heterocycles. The molecule has 1 atom stereocenters. The smallest absolute Gasteiger partial charge is 0.123 e. The van der Waals surface area contributed by atoms with E-state index in [0.29, 0.717) is 6.04 Å². The van der Waals surface area contributed by atoms with Crippen molar-refractivity contribution in [2.45, 2.75) is 38.3 Å². The Hall–Kier alpha value is -0.770. The van der Waals surface area contributed by atoms with Crippen LogP contribution in [0.25, 0.3) is 0 Å². The summed E-state index contributed by atoms with van der Waals surface area (Å²) >= 11 is 0. The molecule has 1 N–H and O–H groups in total. The third kappa shape index (κ3) is 4.87. The Morgan fingerprint density at radius 1 is 1.24 bits per heavy atom. The molecular formula is C17H27ClN2O. The maximum atomic E-state index is 6.01. The van der Waals surface area contributed by atoms with Gasteiger partial charge >= 0.3 is 0 Å². The Morgan fingerprint density at radius 2 is 2.05 bits per heavy atom. The summed E-state index contributed by atoms with van der Waals surface area (Å²) in [4.78, 5) is 2.55. The van der Waals surface area contributed by atoms with Crippen LogP contribution in [0.15, 0.2) is 24.3 Å². The summed E-state index contributed by atoms with van der Waals surface area (Å²) in [5, 5.41) is 3.41. The summed E-state index contributed by atoms with van der Waals surface area (Å²) < 4.78 is 6.01. The average Bonchev–Trinajstić information content (AvgIpc) is 3.31. The maximum Gasteiger partial charge on any atom is 0.123 e. The summed E-state index contributed by atoms with van der Waals surface area (Å²) in [5.74, 6) is 1.90. The first-order chi connectivity index (χ1) is 9.85. The van der Waals surface area contributed by atoms with Crippen LogP contribution < -0.4 is 10.1 Å². The summed E-state index contributed by atoms with van der Waals surface area (Å²) in [6.07, 6.45) is 5.28. The highest BCUT2D eigenvalue weighted by Gasteiger charge is 2.23. The Morgan fingerprint density at radius 3 is 2.81 bits per heavy atom. The van der Waals surface area contributed by atoms with Crippen molar-refractivity contribution >= 4 is 12.4 Å². The zero-order valence-corrected chi connectivity index (χ0v) is 13.7. The second-order valence-corrected chi connectivity index (χ2v) is 6.23. The summed E-state index contributed by atoms with van der Waals surface area (Å²) in [6.45, 7) is 4.26. The molecule has 0 amide bonds. The van der Waals surface area contributed by atoms with Crippen molar-refractivity contribution in [2.24, 2.45) is 5.92 Å². The molecule has 1 heterocycles. The SMILES string of the molecule is CNC1CCCN(Cc2ccccc2OCC2CC2)C1.Cl. The predicted molar refractivity (Wildman–Crippen MR) is 89.3 cm³/mol. The van der Waals surface area contributed by atoms with Gasteiger partial charge in [0.1, 0.15) is 5.75 Å². The average molecular weight is 311 g/mol. The van der Waals surface area contributed by atoms with Gasteiger partial charge in [0.25, 0.3) is 0 Å². The standard InChI is InChI=1S/C17H26N2O.ClH/c1-18-16-6-4-10-19(12-16)11-15-5-2-3-7-17(15)20-13-14-8-9-14;/h2-3,5,7,14,16,18H,4,6,8-13H2,1H3;1H. The van der Waals surface area contributed by atoms with Gasteiger partial charge in [-0.3, -0.25) is 4.90 Å². The van der Waals surface area contributed by atoms with Crippen molar-refractivity contribution in [1.82, 2.24) is 10.2 Å². The third-order valence-corrected chi connectivity index (χ3v) is 4.45. The zero-order chi connectivity index (χ0) is 13.8. The Kier molecular flexibility index (Phi) is 6.34. The molecule has 0 radical (unpaired) electrons. The van der Waals surface area contributed by atoms with E-state index >= 15 is 0 Å². The minimum atomic E-state index is 0. The normalized spacial score (nSPS) is 22.6. The molecule has 0 bridgehead atoms. The van der Waals surface area contributed by atoms with Gasteiger partial charge in [-0.05, 0) is 51.3 Å². The lowest BCUT2D eigenvalue weighted by Gasteiger charge is -2.32. The number of halogens is 1. The molecule has 118 valence electrons. The second kappa shape index (κ2) is 8.02. The fraction of sp³-hybridized carbons (Fsp3) is 0.647. The molecule has 4 heteroatoms. The monoisotopic (exact) mass is 310 g/mol. The molecular weight excluding hydrogens is 284 g/mol. The maximum absolute atomic E-state index is 6.01. The molecule has 1 aliphatic carbocycles. The molecule has 2 fully saturated rings. The van der Waals surface area contributed by atoms with E-state index in [-0.39, 0.29) is 12.4 Å². The van der Waals surface area contributed by atoms with Gasteiger partial charge < -0.3 is 10.1 Å². The first kappa shape index (κ1) is 16.6. The van der Waals surface area contributed by atoms with Crippen LogP contribution in [0, 0.1) is 5.92 Å². The molecule has 3 rings (SSSR count). The van der Waals surface area contributed by atoms with Crippen molar-refractivity contribution in [3.05, 3.63) is 29.8 Å². The number of rotatable bonds is 6. The van der Waals surface area contributed by atoms with Gasteiger partial charge in [0.15, 0.2) is 0 Å². The van der Waals surface area contributed by atoms with Crippen molar-refractivity contribution in [3.63, 3.8) is 0 Å². The summed E-state index contributed by atoms with van der Waals surface area (Å²) in [7, 11) is 2.07. The van der Waals surface area contributed by atoms with E-state index in [9.17, 15) is 0 Å². The minimum Gasteiger partial charge on any atom is -0.493 e. The lowest BCUT2D eigenvalue weighted by molar-refractivity contribution is 0.184. The van der Waals surface area contributed by atoms with Gasteiger partial charge in [-0.2, -0.15) is 0 Å². The molecule has 1 unspecified atom stereocenters. The van der Waals surface area contributed by atoms with Gasteiger partial charge in [0.2, 0.25) is 0 Å². The number of likely N-dealkylation sites (N-methyl/N-ethyl adjacent to an activating group) is 1. The molecule has 21 heavy (non-hydrogen) atoms. The second-order valence-electron chi connectivity index (χ2n) is 6.23. The zero-order valence-electron chi connectivity index (χ0n) is 12.9. The van der Waals surface area contributed by atoms with E-state index < -0.39 is 0 Å².